The molecule has 6 heterocycles. The van der Waals surface area contributed by atoms with Crippen molar-refractivity contribution in [2.75, 3.05) is 0 Å². The Kier molecular flexibility index (Phi) is 13.7. The van der Waals surface area contributed by atoms with Gasteiger partial charge in [0.2, 0.25) is 0 Å². The molecular formula is C110H72Cl2HfO4Si2. The minimum absolute atomic E-state index is 0.738. The summed E-state index contributed by atoms with van der Waals surface area (Å²) in [6.45, 7) is 5.37. The van der Waals surface area contributed by atoms with E-state index in [1.165, 1.54) is 43.1 Å². The molecule has 6 aliphatic rings. The van der Waals surface area contributed by atoms with Gasteiger partial charge in [-0.3, -0.25) is 0 Å². The van der Waals surface area contributed by atoms with Crippen molar-refractivity contribution in [3.8, 4) is 44.5 Å². The van der Waals surface area contributed by atoms with Crippen LogP contribution < -0.4 is 0 Å². The van der Waals surface area contributed by atoms with Crippen LogP contribution in [0.2, 0.25) is 13.1 Å². The first kappa shape index (κ1) is 68.6. The summed E-state index contributed by atoms with van der Waals surface area (Å²) in [5.74, 6) is 2.95. The van der Waals surface area contributed by atoms with E-state index in [2.05, 4.69) is 377 Å². The Morgan fingerprint density at radius 3 is 0.647 bits per heavy atom. The average Bonchev–Trinajstić information content (AvgIpc) is 1.48. The third-order valence-electron chi connectivity index (χ3n) is 30.5. The van der Waals surface area contributed by atoms with Gasteiger partial charge in [-0.1, -0.05) is 0 Å². The Morgan fingerprint density at radius 2 is 0.429 bits per heavy atom. The fraction of sp³-hybridized carbons (Fsp3) is 0.0545. The topological polar surface area (TPSA) is 52.6 Å². The average molecular weight is 1760 g/mol. The second-order valence-corrected chi connectivity index (χ2v) is 88.6. The van der Waals surface area contributed by atoms with Gasteiger partial charge in [0, 0.05) is 0 Å². The first-order valence-electron chi connectivity index (χ1n) is 41.5. The van der Waals surface area contributed by atoms with Crippen LogP contribution in [0, 0.1) is 0 Å². The molecule has 119 heavy (non-hydrogen) atoms. The van der Waals surface area contributed by atoms with Crippen LogP contribution in [-0.4, -0.2) is 17.6 Å². The summed E-state index contributed by atoms with van der Waals surface area (Å²) in [6.07, 6.45) is 17.7. The number of fused-ring (bicyclic) bond motifs is 24. The molecular weight excluding hydrogens is 1690 g/mol. The number of furan rings is 4. The van der Waals surface area contributed by atoms with E-state index < -0.39 is 43.4 Å². The van der Waals surface area contributed by atoms with E-state index in [4.69, 9.17) is 17.7 Å². The van der Waals surface area contributed by atoms with Crippen molar-refractivity contribution >= 4 is 168 Å². The van der Waals surface area contributed by atoms with Gasteiger partial charge in [0.1, 0.15) is 0 Å². The second kappa shape index (κ2) is 23.7. The van der Waals surface area contributed by atoms with Crippen LogP contribution in [0.1, 0.15) is 67.5 Å². The van der Waals surface area contributed by atoms with Crippen molar-refractivity contribution in [1.82, 2.24) is 0 Å². The first-order valence-corrected chi connectivity index (χ1v) is 62.2. The molecule has 20 aromatic rings. The van der Waals surface area contributed by atoms with Gasteiger partial charge in [-0.25, -0.2) is 0 Å². The van der Waals surface area contributed by atoms with Crippen LogP contribution in [0.3, 0.4) is 0 Å². The molecule has 4 atom stereocenters. The van der Waals surface area contributed by atoms with Crippen LogP contribution in [0.25, 0.3) is 177 Å². The summed E-state index contributed by atoms with van der Waals surface area (Å²) in [7, 11) is 18.2. The molecule has 0 amide bonds. The van der Waals surface area contributed by atoms with Gasteiger partial charge in [0.05, 0.1) is 0 Å². The van der Waals surface area contributed by atoms with Crippen LogP contribution in [0.15, 0.2) is 382 Å². The maximum atomic E-state index is 12.4. The van der Waals surface area contributed by atoms with E-state index >= 15 is 0 Å². The second-order valence-electron chi connectivity index (χ2n) is 34.2. The Labute approximate surface area is 694 Å². The quantitative estimate of drug-likeness (QED) is 0.112. The fourth-order valence-corrected chi connectivity index (χ4v) is 193. The monoisotopic (exact) mass is 1760 g/mol. The van der Waals surface area contributed by atoms with E-state index in [1.54, 1.807) is 0 Å². The predicted molar refractivity (Wildman–Crippen MR) is 498 cm³/mol. The van der Waals surface area contributed by atoms with Crippen LogP contribution in [0.4, 0.5) is 0 Å². The van der Waals surface area contributed by atoms with Gasteiger partial charge >= 0.3 is 701 Å². The molecule has 0 bridgehead atoms. The Balaban J connectivity index is 0.920. The third kappa shape index (κ3) is 7.54. The van der Waals surface area contributed by atoms with Gasteiger partial charge in [0.15, 0.2) is 0 Å². The number of benzene rings is 16. The van der Waals surface area contributed by atoms with Gasteiger partial charge in [-0.05, 0) is 0 Å². The molecule has 2 aliphatic heterocycles. The molecule has 2 fully saturated rings. The number of halogens is 2. The van der Waals surface area contributed by atoms with E-state index in [0.29, 0.717) is 0 Å². The van der Waals surface area contributed by atoms with E-state index in [0.717, 1.165) is 177 Å². The van der Waals surface area contributed by atoms with Crippen LogP contribution in [0.5, 0.6) is 0 Å². The maximum absolute atomic E-state index is 12.4. The van der Waals surface area contributed by atoms with E-state index in [-0.39, 0.29) is 0 Å². The van der Waals surface area contributed by atoms with Crippen molar-refractivity contribution in [3.05, 3.63) is 432 Å². The Hall–Kier alpha value is -12.4. The Morgan fingerprint density at radius 1 is 0.218 bits per heavy atom. The SMILES string of the molecule is C[SiH]1[C]2(C(c3ccco3)=Cc3c(-c4cc5ccccc5c5ccccc45)cccc32)[Hf]2([Cl])([Cl])([C]13C(c1ccco1)=Cc1c(-c4cc5ccccc5c5ccccc45)cccc13)[C]1(C(c3ccco3)=Cc3c(-c4cc5ccccc5c5ccccc45)cccc31)[SiH](C)[C]21C(c2ccco2)=Cc2c(-c3cc4ccccc4c4ccccc34)cccc21. The van der Waals surface area contributed by atoms with Crippen molar-refractivity contribution in [2.45, 2.75) is 24.3 Å². The van der Waals surface area contributed by atoms with Crippen molar-refractivity contribution < 1.29 is 32.3 Å². The van der Waals surface area contributed by atoms with E-state index in [9.17, 15) is 17.2 Å². The molecule has 26 rings (SSSR count). The van der Waals surface area contributed by atoms with Gasteiger partial charge in [-0.2, -0.15) is 0 Å². The molecule has 4 aromatic heterocycles. The fourth-order valence-electron chi connectivity index (χ4n) is 27.3. The standard InChI is InChI=1S/2C55H36O2Si.2ClH.Hf/c2*1-58(54-44-24-10-22-42(48(44)32-50(54)52-26-12-28-56-52)46-30-34-14-2-4-16-36(34)38-18-6-8-20-40(38)46)55-45-25-11-23-43(49(45)33-51(55)53-27-13-29-57-53)47-31-35-15-3-5-17-37(35)39-19-7-9-21-41(39)47;;;/h2*2-33,58H,1H3;2*1H;/q;;;;+2/p-2. The van der Waals surface area contributed by atoms with Crippen LogP contribution in [-0.2, 0) is 25.8 Å². The summed E-state index contributed by atoms with van der Waals surface area (Å²) in [5, 5.41) is 18.8. The summed E-state index contributed by atoms with van der Waals surface area (Å²) in [5.41, 5.74) is 21.8. The molecule has 9 heteroatoms. The molecule has 4 nitrogen and oxygen atoms in total. The molecule has 4 aliphatic carbocycles. The zero-order chi connectivity index (χ0) is 78.7. The molecule has 4 unspecified atom stereocenters. The normalized spacial score (nSPS) is 22.3. The third-order valence-corrected chi connectivity index (χ3v) is 145. The number of hydrogen-bond acceptors (Lipinski definition) is 4. The van der Waals surface area contributed by atoms with Crippen molar-refractivity contribution in [1.29, 1.82) is 0 Å². The molecule has 0 radical (unpaired) electrons. The summed E-state index contributed by atoms with van der Waals surface area (Å²) in [4.78, 5) is 0. The molecule has 16 aromatic carbocycles. The summed E-state index contributed by atoms with van der Waals surface area (Å²) < 4.78 is 24.8. The van der Waals surface area contributed by atoms with Gasteiger partial charge in [0.25, 0.3) is 0 Å². The predicted octanol–water partition coefficient (Wildman–Crippen LogP) is 29.5. The van der Waals surface area contributed by atoms with Crippen LogP contribution >= 0.6 is 17.2 Å². The first-order chi connectivity index (χ1) is 58.5. The van der Waals surface area contributed by atoms with Crippen molar-refractivity contribution in [2.24, 2.45) is 0 Å². The van der Waals surface area contributed by atoms with Gasteiger partial charge < -0.3 is 0 Å². The van der Waals surface area contributed by atoms with Crippen molar-refractivity contribution in [3.63, 3.8) is 0 Å². The molecule has 0 N–H and O–H groups in total. The molecule has 5 spiro atoms. The number of allylic oxidation sites excluding steroid dienone is 4. The molecule has 2 saturated heterocycles. The zero-order valence-electron chi connectivity index (χ0n) is 65.0. The zero-order valence-corrected chi connectivity index (χ0v) is 72.4. The number of rotatable bonds is 8. The molecule has 0 saturated carbocycles. The molecule has 562 valence electrons. The minimum atomic E-state index is -9.11. The summed E-state index contributed by atoms with van der Waals surface area (Å²) >= 11 is -9.11. The summed E-state index contributed by atoms with van der Waals surface area (Å²) in [6, 6.07) is 127. The van der Waals surface area contributed by atoms with Gasteiger partial charge in [-0.15, -0.1) is 0 Å². The van der Waals surface area contributed by atoms with E-state index in [1.807, 2.05) is 25.1 Å². The number of hydrogen-bond donors (Lipinski definition) is 0. The Bertz CT molecular complexity index is 7140.